The highest BCUT2D eigenvalue weighted by atomic mass is 35.5. The third kappa shape index (κ3) is 4.91. The number of halogens is 1. The van der Waals surface area contributed by atoms with Gasteiger partial charge in [-0.15, -0.1) is 0 Å². The summed E-state index contributed by atoms with van der Waals surface area (Å²) in [4.78, 5) is 24.1. The van der Waals surface area contributed by atoms with E-state index in [1.807, 2.05) is 0 Å². The van der Waals surface area contributed by atoms with Crippen molar-refractivity contribution in [3.63, 3.8) is 0 Å². The second-order valence-corrected chi connectivity index (χ2v) is 7.11. The zero-order chi connectivity index (χ0) is 21.7. The Hall–Kier alpha value is -3.49. The molecule has 3 aromatic carbocycles. The number of primary amides is 1. The molecule has 0 aromatic heterocycles. The molecule has 0 bridgehead atoms. The summed E-state index contributed by atoms with van der Waals surface area (Å²) in [5, 5.41) is 15.0. The fourth-order valence-corrected chi connectivity index (χ4v) is 3.46. The highest BCUT2D eigenvalue weighted by Crippen LogP contribution is 2.33. The average molecular weight is 441 g/mol. The van der Waals surface area contributed by atoms with Crippen LogP contribution in [0.4, 0.5) is 22.7 Å². The third-order valence-electron chi connectivity index (χ3n) is 4.21. The summed E-state index contributed by atoms with van der Waals surface area (Å²) < 4.78 is 0. The first-order valence-corrected chi connectivity index (χ1v) is 9.61. The number of amides is 1. The number of hydrogen-bond acceptors (Lipinski definition) is 4. The van der Waals surface area contributed by atoms with Crippen LogP contribution in [0.2, 0.25) is 5.02 Å². The predicted molar refractivity (Wildman–Crippen MR) is 122 cm³/mol. The summed E-state index contributed by atoms with van der Waals surface area (Å²) in [7, 11) is 0. The number of nitro groups is 1. The van der Waals surface area contributed by atoms with Gasteiger partial charge in [-0.2, -0.15) is 0 Å². The Labute approximate surface area is 183 Å². The molecule has 0 aliphatic carbocycles. The molecule has 30 heavy (non-hydrogen) atoms. The molecule has 0 unspecified atom stereocenters. The van der Waals surface area contributed by atoms with Gasteiger partial charge in [0.2, 0.25) is 5.91 Å². The number of hydrogen-bond donors (Lipinski definition) is 2. The first-order valence-electron chi connectivity index (χ1n) is 8.83. The molecule has 9 heteroatoms. The molecule has 3 N–H and O–H groups in total. The van der Waals surface area contributed by atoms with E-state index < -0.39 is 10.8 Å². The lowest BCUT2D eigenvalue weighted by molar-refractivity contribution is -0.383. The van der Waals surface area contributed by atoms with Crippen LogP contribution in [-0.2, 0) is 11.2 Å². The number of carbonyl (C=O) groups excluding carboxylic acids is 1. The maximum Gasteiger partial charge on any atom is 0.292 e. The Morgan fingerprint density at radius 1 is 1.10 bits per heavy atom. The number of nitrogens with zero attached hydrogens (tertiary/aromatic N) is 2. The molecule has 0 fully saturated rings. The van der Waals surface area contributed by atoms with E-state index in [0.29, 0.717) is 22.0 Å². The molecule has 0 aliphatic heterocycles. The molecule has 7 nitrogen and oxygen atoms in total. The summed E-state index contributed by atoms with van der Waals surface area (Å²) in [5.41, 5.74) is 7.41. The second kappa shape index (κ2) is 9.34. The number of anilines is 3. The number of rotatable bonds is 6. The first kappa shape index (κ1) is 21.2. The fourth-order valence-electron chi connectivity index (χ4n) is 2.96. The molecule has 152 valence electrons. The minimum Gasteiger partial charge on any atom is -0.369 e. The average Bonchev–Trinajstić information content (AvgIpc) is 2.69. The van der Waals surface area contributed by atoms with Crippen LogP contribution in [0.5, 0.6) is 0 Å². The molecule has 1 amide bonds. The van der Waals surface area contributed by atoms with E-state index in [2.05, 4.69) is 5.32 Å². The molecule has 3 aromatic rings. The maximum atomic E-state index is 11.6. The van der Waals surface area contributed by atoms with E-state index in [9.17, 15) is 14.9 Å². The van der Waals surface area contributed by atoms with Gasteiger partial charge >= 0.3 is 0 Å². The molecular weight excluding hydrogens is 424 g/mol. The van der Waals surface area contributed by atoms with Crippen molar-refractivity contribution in [2.24, 2.45) is 5.73 Å². The van der Waals surface area contributed by atoms with Gasteiger partial charge in [-0.3, -0.25) is 19.8 Å². The molecule has 0 aliphatic rings. The van der Waals surface area contributed by atoms with E-state index in [1.165, 1.54) is 6.07 Å². The van der Waals surface area contributed by atoms with Gasteiger partial charge in [0.1, 0.15) is 5.69 Å². The highest BCUT2D eigenvalue weighted by molar-refractivity contribution is 7.80. The summed E-state index contributed by atoms with van der Waals surface area (Å²) in [6, 6.07) is 20.3. The van der Waals surface area contributed by atoms with Crippen molar-refractivity contribution in [3.05, 3.63) is 93.5 Å². The number of para-hydroxylation sites is 3. The van der Waals surface area contributed by atoms with Gasteiger partial charge in [0.15, 0.2) is 5.11 Å². The molecule has 3 rings (SSSR count). The standard InChI is InChI=1S/C21H17ClN4O3S/c22-15-7-5-8-16(13-15)25(18-10-3-1-6-14(18)12-20(23)27)21(30)24-17-9-2-4-11-19(17)26(28)29/h1-11,13H,12H2,(H2,23,27)(H,24,30). The molecule has 0 spiro atoms. The highest BCUT2D eigenvalue weighted by Gasteiger charge is 2.21. The number of nitro benzene ring substituents is 1. The van der Waals surface area contributed by atoms with Crippen LogP contribution in [0.3, 0.4) is 0 Å². The Kier molecular flexibility index (Phi) is 6.61. The summed E-state index contributed by atoms with van der Waals surface area (Å²) in [5.74, 6) is -0.494. The van der Waals surface area contributed by atoms with Gasteiger partial charge < -0.3 is 11.1 Å². The van der Waals surface area contributed by atoms with Crippen molar-refractivity contribution in [2.75, 3.05) is 10.2 Å². The Balaban J connectivity index is 2.09. The van der Waals surface area contributed by atoms with Crippen molar-refractivity contribution < 1.29 is 9.72 Å². The molecular formula is C21H17ClN4O3S. The van der Waals surface area contributed by atoms with E-state index >= 15 is 0 Å². The van der Waals surface area contributed by atoms with Gasteiger partial charge in [-0.05, 0) is 48.1 Å². The van der Waals surface area contributed by atoms with Crippen LogP contribution >= 0.6 is 23.8 Å². The smallest absolute Gasteiger partial charge is 0.292 e. The molecule has 0 radical (unpaired) electrons. The zero-order valence-electron chi connectivity index (χ0n) is 15.6. The number of nitrogens with one attached hydrogen (secondary N) is 1. The fraction of sp³-hybridized carbons (Fsp3) is 0.0476. The lowest BCUT2D eigenvalue weighted by atomic mass is 10.1. The SMILES string of the molecule is NC(=O)Cc1ccccc1N(C(=S)Nc1ccccc1[N+](=O)[O-])c1cccc(Cl)c1. The van der Waals surface area contributed by atoms with E-state index in [0.717, 1.165) is 0 Å². The van der Waals surface area contributed by atoms with Gasteiger partial charge in [-0.1, -0.05) is 48.0 Å². The minimum atomic E-state index is -0.494. The Morgan fingerprint density at radius 2 is 1.80 bits per heavy atom. The van der Waals surface area contributed by atoms with Crippen LogP contribution in [0.15, 0.2) is 72.8 Å². The lowest BCUT2D eigenvalue weighted by Crippen LogP contribution is -2.32. The van der Waals surface area contributed by atoms with Crippen molar-refractivity contribution in [3.8, 4) is 0 Å². The molecule has 0 atom stereocenters. The van der Waals surface area contributed by atoms with Crippen LogP contribution < -0.4 is 16.0 Å². The first-order chi connectivity index (χ1) is 14.4. The number of thiocarbonyl (C=S) groups is 1. The van der Waals surface area contributed by atoms with Gasteiger partial charge in [-0.25, -0.2) is 0 Å². The van der Waals surface area contributed by atoms with E-state index in [4.69, 9.17) is 29.6 Å². The number of nitrogens with two attached hydrogens (primary N) is 1. The monoisotopic (exact) mass is 440 g/mol. The number of benzene rings is 3. The van der Waals surface area contributed by atoms with Gasteiger partial charge in [0.05, 0.1) is 17.0 Å². The van der Waals surface area contributed by atoms with Crippen LogP contribution in [0, 0.1) is 10.1 Å². The van der Waals surface area contributed by atoms with Crippen LogP contribution in [0.25, 0.3) is 0 Å². The van der Waals surface area contributed by atoms with E-state index in [1.54, 1.807) is 71.6 Å². The zero-order valence-corrected chi connectivity index (χ0v) is 17.2. The van der Waals surface area contributed by atoms with Crippen molar-refractivity contribution >= 4 is 57.6 Å². The third-order valence-corrected chi connectivity index (χ3v) is 4.73. The van der Waals surface area contributed by atoms with Crippen LogP contribution in [0.1, 0.15) is 5.56 Å². The van der Waals surface area contributed by atoms with Crippen LogP contribution in [-0.4, -0.2) is 15.9 Å². The summed E-state index contributed by atoms with van der Waals surface area (Å²) in [6.45, 7) is 0. The summed E-state index contributed by atoms with van der Waals surface area (Å²) >= 11 is 11.8. The maximum absolute atomic E-state index is 11.6. The Morgan fingerprint density at radius 3 is 2.50 bits per heavy atom. The second-order valence-electron chi connectivity index (χ2n) is 6.29. The van der Waals surface area contributed by atoms with E-state index in [-0.39, 0.29) is 22.9 Å². The largest absolute Gasteiger partial charge is 0.369 e. The van der Waals surface area contributed by atoms with Crippen molar-refractivity contribution in [2.45, 2.75) is 6.42 Å². The van der Waals surface area contributed by atoms with Gasteiger partial charge in [0, 0.05) is 16.8 Å². The predicted octanol–water partition coefficient (Wildman–Crippen LogP) is 4.81. The lowest BCUT2D eigenvalue weighted by Gasteiger charge is -2.28. The topological polar surface area (TPSA) is 102 Å². The van der Waals surface area contributed by atoms with Gasteiger partial charge in [0.25, 0.3) is 5.69 Å². The normalized spacial score (nSPS) is 10.3. The van der Waals surface area contributed by atoms with Crippen molar-refractivity contribution in [1.82, 2.24) is 0 Å². The molecule has 0 saturated heterocycles. The summed E-state index contributed by atoms with van der Waals surface area (Å²) in [6.07, 6.45) is 0.00133. The van der Waals surface area contributed by atoms with Crippen molar-refractivity contribution in [1.29, 1.82) is 0 Å². The molecule has 0 saturated carbocycles. The Bertz CT molecular complexity index is 1120. The minimum absolute atomic E-state index is 0.00133. The molecule has 0 heterocycles. The quantitative estimate of drug-likeness (QED) is 0.324. The number of carbonyl (C=O) groups is 1.